The maximum atomic E-state index is 12.4. The maximum absolute atomic E-state index is 12.4. The number of nitrogens with one attached hydrogen (secondary N) is 2. The molecule has 1 aromatic rings. The van der Waals surface area contributed by atoms with Crippen molar-refractivity contribution in [2.24, 2.45) is 0 Å². The third kappa shape index (κ3) is 6.56. The second-order valence-corrected chi connectivity index (χ2v) is 7.58. The van der Waals surface area contributed by atoms with Crippen LogP contribution in [-0.2, 0) is 4.74 Å². The van der Waals surface area contributed by atoms with E-state index in [2.05, 4.69) is 39.7 Å². The Morgan fingerprint density at radius 3 is 2.50 bits per heavy atom. The highest BCUT2D eigenvalue weighted by molar-refractivity contribution is 5.93. The van der Waals surface area contributed by atoms with Crippen LogP contribution in [0.2, 0.25) is 0 Å². The lowest BCUT2D eigenvalue weighted by Gasteiger charge is -2.35. The van der Waals surface area contributed by atoms with E-state index < -0.39 is 0 Å². The molecule has 2 aliphatic rings. The van der Waals surface area contributed by atoms with Crippen molar-refractivity contribution in [1.29, 1.82) is 0 Å². The van der Waals surface area contributed by atoms with Gasteiger partial charge < -0.3 is 15.4 Å². The summed E-state index contributed by atoms with van der Waals surface area (Å²) >= 11 is 0. The molecule has 0 radical (unpaired) electrons. The quantitative estimate of drug-likeness (QED) is 0.658. The average Bonchev–Trinajstić information content (AvgIpc) is 3.00. The second-order valence-electron chi connectivity index (χ2n) is 7.58. The van der Waals surface area contributed by atoms with Crippen LogP contribution in [-0.4, -0.2) is 77.3 Å². The van der Waals surface area contributed by atoms with Crippen molar-refractivity contribution in [2.75, 3.05) is 39.3 Å². The monoisotopic (exact) mass is 436 g/mol. The molecule has 2 saturated heterocycles. The first kappa shape index (κ1) is 25.1. The molecular formula is C18H34Cl2N6O2. The lowest BCUT2D eigenvalue weighted by atomic mass is 10.1. The Bertz CT molecular complexity index is 599. The molecule has 0 spiro atoms. The summed E-state index contributed by atoms with van der Waals surface area (Å²) in [6, 6.07) is 0.343. The summed E-state index contributed by atoms with van der Waals surface area (Å²) in [5, 5.41) is 14.7. The lowest BCUT2D eigenvalue weighted by molar-refractivity contribution is -0.0680. The molecule has 1 amide bonds. The van der Waals surface area contributed by atoms with Gasteiger partial charge in [0.05, 0.1) is 23.9 Å². The number of carbonyl (C=O) groups is 1. The number of carbonyl (C=O) groups excluding carboxylic acids is 1. The zero-order valence-corrected chi connectivity index (χ0v) is 18.7. The van der Waals surface area contributed by atoms with E-state index in [4.69, 9.17) is 4.74 Å². The molecule has 162 valence electrons. The van der Waals surface area contributed by atoms with Gasteiger partial charge in [-0.15, -0.1) is 29.9 Å². The molecular weight excluding hydrogens is 403 g/mol. The predicted octanol–water partition coefficient (Wildman–Crippen LogP) is 1.58. The van der Waals surface area contributed by atoms with Crippen LogP contribution in [0.5, 0.6) is 0 Å². The van der Waals surface area contributed by atoms with E-state index >= 15 is 0 Å². The van der Waals surface area contributed by atoms with E-state index in [9.17, 15) is 4.79 Å². The molecule has 0 saturated carbocycles. The first-order valence-corrected chi connectivity index (χ1v) is 9.83. The van der Waals surface area contributed by atoms with Crippen molar-refractivity contribution in [3.63, 3.8) is 0 Å². The predicted molar refractivity (Wildman–Crippen MR) is 114 cm³/mol. The Hall–Kier alpha value is -0.930. The number of halogens is 2. The van der Waals surface area contributed by atoms with Gasteiger partial charge in [0.1, 0.15) is 0 Å². The molecule has 2 atom stereocenters. The molecule has 10 heteroatoms. The fourth-order valence-electron chi connectivity index (χ4n) is 4.00. The van der Waals surface area contributed by atoms with Crippen molar-refractivity contribution < 1.29 is 9.53 Å². The minimum Gasteiger partial charge on any atom is -0.373 e. The van der Waals surface area contributed by atoms with Crippen LogP contribution in [0.1, 0.15) is 55.3 Å². The van der Waals surface area contributed by atoms with E-state index in [0.717, 1.165) is 57.7 Å². The zero-order valence-electron chi connectivity index (χ0n) is 17.0. The second kappa shape index (κ2) is 11.9. The van der Waals surface area contributed by atoms with Crippen molar-refractivity contribution in [2.45, 2.75) is 58.3 Å². The van der Waals surface area contributed by atoms with Crippen molar-refractivity contribution in [3.05, 3.63) is 11.4 Å². The van der Waals surface area contributed by atoms with Gasteiger partial charge >= 0.3 is 0 Å². The molecule has 2 aliphatic heterocycles. The molecule has 3 heterocycles. The molecule has 2 unspecified atom stereocenters. The van der Waals surface area contributed by atoms with Gasteiger partial charge in [-0.25, -0.2) is 4.68 Å². The van der Waals surface area contributed by atoms with Gasteiger partial charge in [-0.2, -0.15) is 0 Å². The standard InChI is InChI=1S/C18H32N6O2.2ClH/c1-13-11-23(12-14(2)26-13)10-4-7-20-18(25)17-15(3)24(22-21-17)16-5-8-19-9-6-16;;/h13-14,16,19H,4-12H2,1-3H3,(H,20,25);2*1H. The lowest BCUT2D eigenvalue weighted by Crippen LogP contribution is -2.46. The number of hydrogen-bond acceptors (Lipinski definition) is 6. The van der Waals surface area contributed by atoms with Gasteiger partial charge in [-0.3, -0.25) is 9.69 Å². The molecule has 0 aromatic carbocycles. The highest BCUT2D eigenvalue weighted by Gasteiger charge is 2.23. The summed E-state index contributed by atoms with van der Waals surface area (Å²) in [5.74, 6) is -0.119. The van der Waals surface area contributed by atoms with Crippen LogP contribution in [0.3, 0.4) is 0 Å². The minimum atomic E-state index is -0.119. The third-order valence-corrected chi connectivity index (χ3v) is 5.23. The largest absolute Gasteiger partial charge is 0.373 e. The first-order chi connectivity index (χ1) is 12.5. The van der Waals surface area contributed by atoms with Crippen molar-refractivity contribution in [1.82, 2.24) is 30.5 Å². The molecule has 3 rings (SSSR count). The van der Waals surface area contributed by atoms with Gasteiger partial charge in [0, 0.05) is 26.2 Å². The van der Waals surface area contributed by atoms with Crippen LogP contribution < -0.4 is 10.6 Å². The Balaban J connectivity index is 0.00000196. The molecule has 0 bridgehead atoms. The number of morpholine rings is 1. The number of piperidine rings is 1. The van der Waals surface area contributed by atoms with Crippen molar-refractivity contribution in [3.8, 4) is 0 Å². The van der Waals surface area contributed by atoms with Crippen LogP contribution >= 0.6 is 24.8 Å². The van der Waals surface area contributed by atoms with E-state index in [0.29, 0.717) is 18.3 Å². The zero-order chi connectivity index (χ0) is 18.5. The fraction of sp³-hybridized carbons (Fsp3) is 0.833. The van der Waals surface area contributed by atoms with Crippen LogP contribution in [0.25, 0.3) is 0 Å². The normalized spacial score (nSPS) is 23.5. The number of amides is 1. The smallest absolute Gasteiger partial charge is 0.273 e. The SMILES string of the molecule is Cc1c(C(=O)NCCCN2CC(C)OC(C)C2)nnn1C1CCNCC1.Cl.Cl. The molecule has 2 N–H and O–H groups in total. The number of nitrogens with zero attached hydrogens (tertiary/aromatic N) is 4. The Kier molecular flexibility index (Phi) is 10.7. The third-order valence-electron chi connectivity index (χ3n) is 5.23. The average molecular weight is 437 g/mol. The fourth-order valence-corrected chi connectivity index (χ4v) is 4.00. The summed E-state index contributed by atoms with van der Waals surface area (Å²) in [7, 11) is 0. The van der Waals surface area contributed by atoms with Crippen molar-refractivity contribution >= 4 is 30.7 Å². The van der Waals surface area contributed by atoms with E-state index in [1.807, 2.05) is 11.6 Å². The molecule has 2 fully saturated rings. The summed E-state index contributed by atoms with van der Waals surface area (Å²) in [4.78, 5) is 14.9. The summed E-state index contributed by atoms with van der Waals surface area (Å²) in [5.41, 5.74) is 1.32. The summed E-state index contributed by atoms with van der Waals surface area (Å²) in [6.45, 7) is 11.7. The molecule has 1 aromatic heterocycles. The molecule has 0 aliphatic carbocycles. The van der Waals surface area contributed by atoms with E-state index in [-0.39, 0.29) is 42.9 Å². The Morgan fingerprint density at radius 2 is 1.86 bits per heavy atom. The summed E-state index contributed by atoms with van der Waals surface area (Å²) in [6.07, 6.45) is 3.54. The van der Waals surface area contributed by atoms with Gasteiger partial charge in [-0.1, -0.05) is 5.21 Å². The topological polar surface area (TPSA) is 84.3 Å². The first-order valence-electron chi connectivity index (χ1n) is 9.83. The number of ether oxygens (including phenoxy) is 1. The maximum Gasteiger partial charge on any atom is 0.273 e. The molecule has 8 nitrogen and oxygen atoms in total. The van der Waals surface area contributed by atoms with Gasteiger partial charge in [0.15, 0.2) is 5.69 Å². The van der Waals surface area contributed by atoms with Gasteiger partial charge in [0.2, 0.25) is 0 Å². The number of aromatic nitrogens is 3. The van der Waals surface area contributed by atoms with Crippen LogP contribution in [0.4, 0.5) is 0 Å². The Morgan fingerprint density at radius 1 is 1.21 bits per heavy atom. The van der Waals surface area contributed by atoms with Crippen LogP contribution in [0, 0.1) is 6.92 Å². The highest BCUT2D eigenvalue weighted by Crippen LogP contribution is 2.20. The number of hydrogen-bond donors (Lipinski definition) is 2. The van der Waals surface area contributed by atoms with Gasteiger partial charge in [-0.05, 0) is 53.1 Å². The summed E-state index contributed by atoms with van der Waals surface area (Å²) < 4.78 is 7.67. The van der Waals surface area contributed by atoms with E-state index in [1.54, 1.807) is 0 Å². The van der Waals surface area contributed by atoms with E-state index in [1.165, 1.54) is 0 Å². The van der Waals surface area contributed by atoms with Crippen LogP contribution in [0.15, 0.2) is 0 Å². The highest BCUT2D eigenvalue weighted by atomic mass is 35.5. The number of rotatable bonds is 6. The minimum absolute atomic E-state index is 0. The molecule has 28 heavy (non-hydrogen) atoms. The van der Waals surface area contributed by atoms with Gasteiger partial charge in [0.25, 0.3) is 5.91 Å². The Labute approximate surface area is 179 Å².